The van der Waals surface area contributed by atoms with Gasteiger partial charge in [0.25, 0.3) is 0 Å². The Bertz CT molecular complexity index is 362. The number of benzene rings is 1. The van der Waals surface area contributed by atoms with E-state index in [1.54, 1.807) is 0 Å². The first-order valence-corrected chi connectivity index (χ1v) is 7.51. The van der Waals surface area contributed by atoms with Gasteiger partial charge >= 0.3 is 0 Å². The third-order valence-electron chi connectivity index (χ3n) is 4.05. The van der Waals surface area contributed by atoms with E-state index in [-0.39, 0.29) is 0 Å². The van der Waals surface area contributed by atoms with Crippen LogP contribution in [-0.2, 0) is 0 Å². The molecule has 1 aromatic carbocycles. The molecule has 1 aliphatic heterocycles. The van der Waals surface area contributed by atoms with Crippen LogP contribution in [0.15, 0.2) is 24.3 Å². The molecule has 0 spiro atoms. The van der Waals surface area contributed by atoms with Gasteiger partial charge < -0.3 is 15.7 Å². The van der Waals surface area contributed by atoms with E-state index in [0.717, 1.165) is 31.6 Å². The Kier molecular flexibility index (Phi) is 5.52. The number of nitrogen functional groups attached to an aromatic ring is 1. The maximum atomic E-state index is 9.01. The minimum atomic E-state index is 0.318. The summed E-state index contributed by atoms with van der Waals surface area (Å²) in [4.78, 5) is 2.49. The van der Waals surface area contributed by atoms with E-state index in [1.807, 2.05) is 12.1 Å². The first-order chi connectivity index (χ1) is 9.29. The number of hydrogen-bond donors (Lipinski definition) is 2. The van der Waals surface area contributed by atoms with Crippen LogP contribution >= 0.6 is 0 Å². The molecule has 19 heavy (non-hydrogen) atoms. The predicted octanol–water partition coefficient (Wildman–Crippen LogP) is 3.04. The molecule has 3 heteroatoms. The summed E-state index contributed by atoms with van der Waals surface area (Å²) in [6.07, 6.45) is 7.30. The van der Waals surface area contributed by atoms with Crippen molar-refractivity contribution in [3.05, 3.63) is 24.3 Å². The second-order valence-corrected chi connectivity index (χ2v) is 5.62. The highest BCUT2D eigenvalue weighted by Gasteiger charge is 2.17. The van der Waals surface area contributed by atoms with E-state index >= 15 is 0 Å². The second-order valence-electron chi connectivity index (χ2n) is 5.62. The van der Waals surface area contributed by atoms with Gasteiger partial charge in [-0.15, -0.1) is 0 Å². The molecule has 1 aromatic rings. The van der Waals surface area contributed by atoms with Crippen LogP contribution in [-0.4, -0.2) is 24.8 Å². The number of aliphatic hydroxyl groups is 1. The summed E-state index contributed by atoms with van der Waals surface area (Å²) in [5.41, 5.74) is 7.87. The Labute approximate surface area is 116 Å². The highest BCUT2D eigenvalue weighted by molar-refractivity contribution is 5.53. The Morgan fingerprint density at radius 2 is 1.95 bits per heavy atom. The van der Waals surface area contributed by atoms with Crippen LogP contribution in [0.1, 0.15) is 38.5 Å². The largest absolute Gasteiger partial charge is 0.399 e. The smallest absolute Gasteiger partial charge is 0.0431 e. The number of aliphatic hydroxyl groups excluding tert-OH is 1. The van der Waals surface area contributed by atoms with Crippen molar-refractivity contribution in [3.8, 4) is 0 Å². The van der Waals surface area contributed by atoms with Crippen molar-refractivity contribution >= 4 is 11.4 Å². The van der Waals surface area contributed by atoms with E-state index in [4.69, 9.17) is 10.8 Å². The summed E-state index contributed by atoms with van der Waals surface area (Å²) >= 11 is 0. The maximum absolute atomic E-state index is 9.01. The number of nitrogens with two attached hydrogens (primary N) is 1. The topological polar surface area (TPSA) is 49.5 Å². The van der Waals surface area contributed by atoms with E-state index in [9.17, 15) is 0 Å². The lowest BCUT2D eigenvalue weighted by Gasteiger charge is -2.32. The molecule has 106 valence electrons. The van der Waals surface area contributed by atoms with Gasteiger partial charge in [0, 0.05) is 31.1 Å². The maximum Gasteiger partial charge on any atom is 0.0431 e. The van der Waals surface area contributed by atoms with Crippen molar-refractivity contribution in [3.63, 3.8) is 0 Å². The van der Waals surface area contributed by atoms with Gasteiger partial charge in [-0.1, -0.05) is 12.8 Å². The quantitative estimate of drug-likeness (QED) is 0.820. The van der Waals surface area contributed by atoms with Crippen LogP contribution < -0.4 is 10.6 Å². The molecule has 0 aromatic heterocycles. The van der Waals surface area contributed by atoms with Crippen molar-refractivity contribution in [1.82, 2.24) is 0 Å². The number of rotatable bonds is 4. The summed E-state index contributed by atoms with van der Waals surface area (Å²) < 4.78 is 0. The molecule has 1 unspecified atom stereocenters. The number of hydrogen-bond acceptors (Lipinski definition) is 3. The minimum Gasteiger partial charge on any atom is -0.399 e. The first kappa shape index (κ1) is 14.2. The third-order valence-corrected chi connectivity index (χ3v) is 4.05. The van der Waals surface area contributed by atoms with Gasteiger partial charge in [-0.2, -0.15) is 0 Å². The lowest BCUT2D eigenvalue weighted by Crippen LogP contribution is -2.32. The number of nitrogens with zero attached hydrogens (tertiary/aromatic N) is 1. The highest BCUT2D eigenvalue weighted by Crippen LogP contribution is 2.25. The Morgan fingerprint density at radius 1 is 1.16 bits per heavy atom. The minimum absolute atomic E-state index is 0.318. The summed E-state index contributed by atoms with van der Waals surface area (Å²) in [5.74, 6) is 0.713. The summed E-state index contributed by atoms with van der Waals surface area (Å²) in [7, 11) is 0. The highest BCUT2D eigenvalue weighted by atomic mass is 16.2. The van der Waals surface area contributed by atoms with Gasteiger partial charge in [-0.05, 0) is 55.9 Å². The normalized spacial score (nSPS) is 20.9. The molecule has 3 nitrogen and oxygen atoms in total. The Balaban J connectivity index is 2.01. The van der Waals surface area contributed by atoms with Crippen LogP contribution in [0.2, 0.25) is 0 Å². The van der Waals surface area contributed by atoms with Crippen LogP contribution in [0.5, 0.6) is 0 Å². The van der Waals surface area contributed by atoms with E-state index in [0.29, 0.717) is 12.5 Å². The molecule has 3 N–H and O–H groups in total. The van der Waals surface area contributed by atoms with Gasteiger partial charge in [0.05, 0.1) is 0 Å². The van der Waals surface area contributed by atoms with Crippen molar-refractivity contribution in [2.75, 3.05) is 30.3 Å². The van der Waals surface area contributed by atoms with Crippen molar-refractivity contribution in [1.29, 1.82) is 0 Å². The van der Waals surface area contributed by atoms with Gasteiger partial charge in [0.2, 0.25) is 0 Å². The lowest BCUT2D eigenvalue weighted by molar-refractivity contribution is 0.265. The van der Waals surface area contributed by atoms with Gasteiger partial charge in [-0.25, -0.2) is 0 Å². The second kappa shape index (κ2) is 7.39. The van der Waals surface area contributed by atoms with E-state index in [2.05, 4.69) is 17.0 Å². The molecule has 1 heterocycles. The fourth-order valence-corrected chi connectivity index (χ4v) is 2.94. The van der Waals surface area contributed by atoms with E-state index in [1.165, 1.54) is 31.4 Å². The standard InChI is InChI=1S/C16H26N2O/c17-15-7-9-16(10-8-15)18-11-3-1-2-5-14(13-18)6-4-12-19/h7-10,14,19H,1-6,11-13,17H2. The predicted molar refractivity (Wildman–Crippen MR) is 81.3 cm³/mol. The molecule has 0 aliphatic carbocycles. The molecule has 1 atom stereocenters. The van der Waals surface area contributed by atoms with Gasteiger partial charge in [-0.3, -0.25) is 0 Å². The van der Waals surface area contributed by atoms with Crippen LogP contribution in [0.3, 0.4) is 0 Å². The SMILES string of the molecule is Nc1ccc(N2CCCCCC(CCCO)C2)cc1. The molecule has 1 fully saturated rings. The zero-order valence-electron chi connectivity index (χ0n) is 11.7. The first-order valence-electron chi connectivity index (χ1n) is 7.51. The van der Waals surface area contributed by atoms with Crippen LogP contribution in [0.25, 0.3) is 0 Å². The van der Waals surface area contributed by atoms with E-state index < -0.39 is 0 Å². The average molecular weight is 262 g/mol. The molecule has 0 bridgehead atoms. The average Bonchev–Trinajstić information content (AvgIpc) is 2.39. The van der Waals surface area contributed by atoms with Crippen molar-refractivity contribution in [2.45, 2.75) is 38.5 Å². The van der Waals surface area contributed by atoms with Crippen LogP contribution in [0, 0.1) is 5.92 Å². The molecule has 0 saturated carbocycles. The van der Waals surface area contributed by atoms with Crippen LogP contribution in [0.4, 0.5) is 11.4 Å². The van der Waals surface area contributed by atoms with Gasteiger partial charge in [0.1, 0.15) is 0 Å². The molecule has 1 saturated heterocycles. The van der Waals surface area contributed by atoms with Crippen molar-refractivity contribution < 1.29 is 5.11 Å². The Morgan fingerprint density at radius 3 is 2.68 bits per heavy atom. The molecular weight excluding hydrogens is 236 g/mol. The zero-order chi connectivity index (χ0) is 13.5. The molecule has 1 aliphatic rings. The fraction of sp³-hybridized carbons (Fsp3) is 0.625. The number of anilines is 2. The molecule has 2 rings (SSSR count). The summed E-state index contributed by atoms with van der Waals surface area (Å²) in [5, 5.41) is 9.01. The lowest BCUT2D eigenvalue weighted by atomic mass is 9.93. The fourth-order valence-electron chi connectivity index (χ4n) is 2.94. The summed E-state index contributed by atoms with van der Waals surface area (Å²) in [6.45, 7) is 2.57. The monoisotopic (exact) mass is 262 g/mol. The zero-order valence-corrected chi connectivity index (χ0v) is 11.7. The molecule has 0 radical (unpaired) electrons. The molecular formula is C16H26N2O. The third kappa shape index (κ3) is 4.43. The van der Waals surface area contributed by atoms with Crippen molar-refractivity contribution in [2.24, 2.45) is 5.92 Å². The van der Waals surface area contributed by atoms with Gasteiger partial charge in [0.15, 0.2) is 0 Å². The molecule has 0 amide bonds. The Hall–Kier alpha value is -1.22. The summed E-state index contributed by atoms with van der Waals surface area (Å²) in [6, 6.07) is 8.22.